The molecule has 1 unspecified atom stereocenters. The second-order valence-electron chi connectivity index (χ2n) is 4.47. The molecule has 0 aromatic heterocycles. The minimum absolute atomic E-state index is 0.0818. The van der Waals surface area contributed by atoms with Crippen molar-refractivity contribution in [1.29, 1.82) is 0 Å². The summed E-state index contributed by atoms with van der Waals surface area (Å²) in [6, 6.07) is 4.96. The van der Waals surface area contributed by atoms with E-state index in [1.54, 1.807) is 0 Å². The average molecular weight is 277 g/mol. The Morgan fingerprint density at radius 1 is 1.45 bits per heavy atom. The van der Waals surface area contributed by atoms with Gasteiger partial charge in [0.1, 0.15) is 6.61 Å². The third kappa shape index (κ3) is 4.42. The Kier molecular flexibility index (Phi) is 5.77. The highest BCUT2D eigenvalue weighted by molar-refractivity contribution is 5.72. The maximum absolute atomic E-state index is 11.6. The summed E-state index contributed by atoms with van der Waals surface area (Å²) >= 11 is 0. The number of carbonyl (C=O) groups excluding carboxylic acids is 1. The first-order valence-corrected chi connectivity index (χ1v) is 6.27. The van der Waals surface area contributed by atoms with Crippen molar-refractivity contribution in [1.82, 2.24) is 5.32 Å². The van der Waals surface area contributed by atoms with Crippen LogP contribution in [0.15, 0.2) is 30.9 Å². The van der Waals surface area contributed by atoms with Gasteiger partial charge in [-0.1, -0.05) is 30.9 Å². The van der Waals surface area contributed by atoms with Gasteiger partial charge in [-0.15, -0.1) is 0 Å². The van der Waals surface area contributed by atoms with Gasteiger partial charge >= 0.3 is 12.1 Å². The summed E-state index contributed by atoms with van der Waals surface area (Å²) in [6.45, 7) is 7.36. The van der Waals surface area contributed by atoms with E-state index in [4.69, 9.17) is 9.84 Å². The van der Waals surface area contributed by atoms with Gasteiger partial charge < -0.3 is 15.2 Å². The summed E-state index contributed by atoms with van der Waals surface area (Å²) in [5, 5.41) is 11.6. The molecule has 5 heteroatoms. The zero-order valence-electron chi connectivity index (χ0n) is 11.7. The SMILES string of the molecule is C=CCOC(=O)NC(CC(=O)O)c1cccc(C)c1C. The molecule has 0 saturated carbocycles. The van der Waals surface area contributed by atoms with Crippen molar-refractivity contribution >= 4 is 12.1 Å². The van der Waals surface area contributed by atoms with E-state index < -0.39 is 18.1 Å². The molecular formula is C15H19NO4. The zero-order chi connectivity index (χ0) is 15.1. The molecular weight excluding hydrogens is 258 g/mol. The van der Waals surface area contributed by atoms with E-state index in [0.29, 0.717) is 0 Å². The number of nitrogens with one attached hydrogen (secondary N) is 1. The van der Waals surface area contributed by atoms with Crippen LogP contribution in [-0.4, -0.2) is 23.8 Å². The third-order valence-electron chi connectivity index (χ3n) is 3.03. The molecule has 2 N–H and O–H groups in total. The van der Waals surface area contributed by atoms with Gasteiger partial charge in [0.05, 0.1) is 12.5 Å². The highest BCUT2D eigenvalue weighted by atomic mass is 16.5. The number of benzene rings is 1. The number of hydrogen-bond acceptors (Lipinski definition) is 3. The van der Waals surface area contributed by atoms with Crippen LogP contribution in [0, 0.1) is 13.8 Å². The molecule has 108 valence electrons. The maximum Gasteiger partial charge on any atom is 0.407 e. The normalized spacial score (nSPS) is 11.5. The summed E-state index contributed by atoms with van der Waals surface area (Å²) in [4.78, 5) is 22.6. The predicted octanol–water partition coefficient (Wildman–Crippen LogP) is 2.73. The molecule has 1 aromatic carbocycles. The monoisotopic (exact) mass is 277 g/mol. The van der Waals surface area contributed by atoms with Crippen molar-refractivity contribution < 1.29 is 19.4 Å². The first kappa shape index (κ1) is 15.8. The van der Waals surface area contributed by atoms with Gasteiger partial charge in [-0.3, -0.25) is 4.79 Å². The molecule has 1 atom stereocenters. The van der Waals surface area contributed by atoms with E-state index >= 15 is 0 Å². The molecule has 0 saturated heterocycles. The molecule has 0 bridgehead atoms. The van der Waals surface area contributed by atoms with Crippen LogP contribution in [0.1, 0.15) is 29.2 Å². The summed E-state index contributed by atoms with van der Waals surface area (Å²) in [7, 11) is 0. The van der Waals surface area contributed by atoms with E-state index in [1.807, 2.05) is 32.0 Å². The molecule has 20 heavy (non-hydrogen) atoms. The number of rotatable bonds is 6. The molecule has 0 spiro atoms. The molecule has 0 radical (unpaired) electrons. The van der Waals surface area contributed by atoms with Crippen LogP contribution >= 0.6 is 0 Å². The van der Waals surface area contributed by atoms with Gasteiger partial charge in [0.25, 0.3) is 0 Å². The van der Waals surface area contributed by atoms with E-state index in [1.165, 1.54) is 6.08 Å². The number of ether oxygens (including phenoxy) is 1. The van der Waals surface area contributed by atoms with Crippen LogP contribution in [0.5, 0.6) is 0 Å². The van der Waals surface area contributed by atoms with Crippen molar-refractivity contribution in [3.63, 3.8) is 0 Å². The Balaban J connectivity index is 2.94. The number of carboxylic acids is 1. The maximum atomic E-state index is 11.6. The number of carboxylic acid groups (broad SMARTS) is 1. The largest absolute Gasteiger partial charge is 0.481 e. The van der Waals surface area contributed by atoms with E-state index in [2.05, 4.69) is 11.9 Å². The van der Waals surface area contributed by atoms with Gasteiger partial charge in [-0.05, 0) is 30.5 Å². The highest BCUT2D eigenvalue weighted by Gasteiger charge is 2.20. The fraction of sp³-hybridized carbons (Fsp3) is 0.333. The van der Waals surface area contributed by atoms with E-state index in [-0.39, 0.29) is 13.0 Å². The molecule has 1 rings (SSSR count). The number of carbonyl (C=O) groups is 2. The number of hydrogen-bond donors (Lipinski definition) is 2. The minimum atomic E-state index is -0.986. The van der Waals surface area contributed by atoms with Crippen molar-refractivity contribution in [2.45, 2.75) is 26.3 Å². The van der Waals surface area contributed by atoms with Gasteiger partial charge in [0.15, 0.2) is 0 Å². The number of alkyl carbamates (subject to hydrolysis) is 1. The molecule has 0 fully saturated rings. The molecule has 0 aliphatic heterocycles. The molecule has 1 amide bonds. The Morgan fingerprint density at radius 3 is 2.75 bits per heavy atom. The quantitative estimate of drug-likeness (QED) is 0.784. The fourth-order valence-corrected chi connectivity index (χ4v) is 1.88. The van der Waals surface area contributed by atoms with Crippen LogP contribution in [0.25, 0.3) is 0 Å². The predicted molar refractivity (Wildman–Crippen MR) is 75.6 cm³/mol. The Hall–Kier alpha value is -2.30. The lowest BCUT2D eigenvalue weighted by Crippen LogP contribution is -2.31. The van der Waals surface area contributed by atoms with Crippen LogP contribution in [0.2, 0.25) is 0 Å². The Morgan fingerprint density at radius 2 is 2.15 bits per heavy atom. The van der Waals surface area contributed by atoms with Crippen molar-refractivity contribution in [2.75, 3.05) is 6.61 Å². The molecule has 0 aliphatic carbocycles. The van der Waals surface area contributed by atoms with Crippen molar-refractivity contribution in [3.8, 4) is 0 Å². The highest BCUT2D eigenvalue weighted by Crippen LogP contribution is 2.23. The Labute approximate surface area is 118 Å². The Bertz CT molecular complexity index is 511. The molecule has 0 aliphatic rings. The lowest BCUT2D eigenvalue weighted by molar-refractivity contribution is -0.137. The fourth-order valence-electron chi connectivity index (χ4n) is 1.88. The minimum Gasteiger partial charge on any atom is -0.481 e. The van der Waals surface area contributed by atoms with Gasteiger partial charge in [0.2, 0.25) is 0 Å². The molecule has 0 heterocycles. The second kappa shape index (κ2) is 7.33. The summed E-state index contributed by atoms with van der Waals surface area (Å²) in [5.41, 5.74) is 2.78. The lowest BCUT2D eigenvalue weighted by atomic mass is 9.95. The standard InChI is InChI=1S/C15H19NO4/c1-4-8-20-15(19)16-13(9-14(17)18)12-7-5-6-10(2)11(12)3/h4-7,13H,1,8-9H2,2-3H3,(H,16,19)(H,17,18). The van der Waals surface area contributed by atoms with Crippen LogP contribution in [0.4, 0.5) is 4.79 Å². The lowest BCUT2D eigenvalue weighted by Gasteiger charge is -2.20. The first-order valence-electron chi connectivity index (χ1n) is 6.27. The average Bonchev–Trinajstić information content (AvgIpc) is 2.38. The van der Waals surface area contributed by atoms with E-state index in [0.717, 1.165) is 16.7 Å². The smallest absolute Gasteiger partial charge is 0.407 e. The summed E-state index contributed by atoms with van der Waals surface area (Å²) < 4.78 is 4.83. The van der Waals surface area contributed by atoms with Crippen LogP contribution in [0.3, 0.4) is 0 Å². The number of amides is 1. The van der Waals surface area contributed by atoms with Crippen molar-refractivity contribution in [2.24, 2.45) is 0 Å². The van der Waals surface area contributed by atoms with Crippen LogP contribution in [-0.2, 0) is 9.53 Å². The van der Waals surface area contributed by atoms with Gasteiger partial charge in [0, 0.05) is 0 Å². The van der Waals surface area contributed by atoms with Gasteiger partial charge in [-0.25, -0.2) is 4.79 Å². The van der Waals surface area contributed by atoms with Crippen molar-refractivity contribution in [3.05, 3.63) is 47.5 Å². The third-order valence-corrected chi connectivity index (χ3v) is 3.03. The van der Waals surface area contributed by atoms with E-state index in [9.17, 15) is 9.59 Å². The zero-order valence-corrected chi connectivity index (χ0v) is 11.7. The topological polar surface area (TPSA) is 75.6 Å². The second-order valence-corrected chi connectivity index (χ2v) is 4.47. The summed E-state index contributed by atoms with van der Waals surface area (Å²) in [5.74, 6) is -0.986. The molecule has 1 aromatic rings. The van der Waals surface area contributed by atoms with Gasteiger partial charge in [-0.2, -0.15) is 0 Å². The molecule has 5 nitrogen and oxygen atoms in total. The summed E-state index contributed by atoms with van der Waals surface area (Å²) in [6.07, 6.45) is 0.592. The first-order chi connectivity index (χ1) is 9.45. The number of aliphatic carboxylic acids is 1. The number of aryl methyl sites for hydroxylation is 1. The van der Waals surface area contributed by atoms with Crippen LogP contribution < -0.4 is 5.32 Å².